The van der Waals surface area contributed by atoms with Gasteiger partial charge >= 0.3 is 0 Å². The summed E-state index contributed by atoms with van der Waals surface area (Å²) in [5, 5.41) is 4.31. The minimum absolute atomic E-state index is 1.23. The van der Waals surface area contributed by atoms with Gasteiger partial charge in [0.25, 0.3) is 0 Å². The van der Waals surface area contributed by atoms with E-state index in [-0.39, 0.29) is 0 Å². The molecule has 2 aromatic rings. The zero-order chi connectivity index (χ0) is 8.93. The molecule has 2 heteroatoms. The lowest BCUT2D eigenvalue weighted by molar-refractivity contribution is 0.842. The van der Waals surface area contributed by atoms with Crippen molar-refractivity contribution in [3.05, 3.63) is 44.8 Å². The van der Waals surface area contributed by atoms with Crippen LogP contribution in [0.4, 0.5) is 0 Å². The Labute approximate surface area is 86.9 Å². The van der Waals surface area contributed by atoms with E-state index in [0.29, 0.717) is 0 Å². The quantitative estimate of drug-likeness (QED) is 0.713. The fourth-order valence-electron chi connectivity index (χ4n) is 1.35. The van der Waals surface area contributed by atoms with Crippen LogP contribution in [0.15, 0.2) is 35.0 Å². The standard InChI is InChI=1S/C11H12S2/c1(4-10-6-2-8-12-10)5-11-7-3-9-13-11/h2-3,6-9H,1,4-5H2. The molecule has 0 radical (unpaired) electrons. The molecule has 0 spiro atoms. The van der Waals surface area contributed by atoms with Gasteiger partial charge in [-0.25, -0.2) is 0 Å². The molecule has 0 saturated carbocycles. The highest BCUT2D eigenvalue weighted by atomic mass is 32.1. The van der Waals surface area contributed by atoms with Crippen molar-refractivity contribution < 1.29 is 0 Å². The summed E-state index contributed by atoms with van der Waals surface area (Å²) in [6, 6.07) is 8.70. The Bertz CT molecular complexity index is 285. The summed E-state index contributed by atoms with van der Waals surface area (Å²) in [7, 11) is 0. The third-order valence-electron chi connectivity index (χ3n) is 2.01. The smallest absolute Gasteiger partial charge is 0.00453 e. The maximum absolute atomic E-state index is 2.22. The van der Waals surface area contributed by atoms with Crippen LogP contribution in [0.5, 0.6) is 0 Å². The lowest BCUT2D eigenvalue weighted by Gasteiger charge is -1.95. The number of thiophene rings is 2. The average Bonchev–Trinajstić information content (AvgIpc) is 2.75. The van der Waals surface area contributed by atoms with Gasteiger partial charge in [0.2, 0.25) is 0 Å². The lowest BCUT2D eigenvalue weighted by Crippen LogP contribution is -1.84. The molecule has 0 aliphatic heterocycles. The Morgan fingerprint density at radius 1 is 0.846 bits per heavy atom. The first kappa shape index (κ1) is 8.97. The van der Waals surface area contributed by atoms with Crippen molar-refractivity contribution in [2.45, 2.75) is 19.3 Å². The second-order valence-electron chi connectivity index (χ2n) is 3.01. The monoisotopic (exact) mass is 208 g/mol. The molecule has 0 amide bonds. The first-order chi connectivity index (χ1) is 6.45. The summed E-state index contributed by atoms with van der Waals surface area (Å²) in [6.07, 6.45) is 3.74. The molecule has 0 aliphatic rings. The van der Waals surface area contributed by atoms with Crippen LogP contribution in [0.3, 0.4) is 0 Å². The van der Waals surface area contributed by atoms with E-state index in [4.69, 9.17) is 0 Å². The van der Waals surface area contributed by atoms with E-state index in [2.05, 4.69) is 35.0 Å². The van der Waals surface area contributed by atoms with Gasteiger partial charge in [-0.2, -0.15) is 0 Å². The highest BCUT2D eigenvalue weighted by Gasteiger charge is 1.96. The van der Waals surface area contributed by atoms with Crippen LogP contribution in [0, 0.1) is 0 Å². The Hall–Kier alpha value is -0.600. The van der Waals surface area contributed by atoms with Gasteiger partial charge in [-0.1, -0.05) is 12.1 Å². The minimum atomic E-state index is 1.23. The molecule has 0 saturated heterocycles. The van der Waals surface area contributed by atoms with Crippen LogP contribution in [-0.2, 0) is 12.8 Å². The summed E-state index contributed by atoms with van der Waals surface area (Å²) in [5.41, 5.74) is 0. The Morgan fingerprint density at radius 3 is 1.77 bits per heavy atom. The zero-order valence-corrected chi connectivity index (χ0v) is 9.03. The van der Waals surface area contributed by atoms with Crippen LogP contribution in [0.25, 0.3) is 0 Å². The summed E-state index contributed by atoms with van der Waals surface area (Å²) < 4.78 is 0. The Kier molecular flexibility index (Phi) is 3.16. The van der Waals surface area contributed by atoms with Crippen molar-refractivity contribution in [1.82, 2.24) is 0 Å². The largest absolute Gasteiger partial charge is 0.149 e. The third kappa shape index (κ3) is 2.68. The SMILES string of the molecule is c1csc(CCCc2cccs2)c1. The molecule has 0 atom stereocenters. The van der Waals surface area contributed by atoms with Gasteiger partial charge in [0.15, 0.2) is 0 Å². The summed E-state index contributed by atoms with van der Waals surface area (Å²) >= 11 is 3.73. The molecule has 13 heavy (non-hydrogen) atoms. The topological polar surface area (TPSA) is 0 Å². The maximum atomic E-state index is 2.22. The minimum Gasteiger partial charge on any atom is -0.149 e. The van der Waals surface area contributed by atoms with E-state index in [1.54, 1.807) is 0 Å². The third-order valence-corrected chi connectivity index (χ3v) is 3.88. The summed E-state index contributed by atoms with van der Waals surface area (Å²) in [4.78, 5) is 3.02. The van der Waals surface area contributed by atoms with Crippen molar-refractivity contribution >= 4 is 22.7 Å². The molecular weight excluding hydrogens is 196 g/mol. The van der Waals surface area contributed by atoms with Crippen LogP contribution >= 0.6 is 22.7 Å². The molecule has 0 nitrogen and oxygen atoms in total. The molecule has 68 valence electrons. The van der Waals surface area contributed by atoms with Crippen LogP contribution in [0.2, 0.25) is 0 Å². The fraction of sp³-hybridized carbons (Fsp3) is 0.273. The number of aryl methyl sites for hydroxylation is 2. The van der Waals surface area contributed by atoms with Crippen molar-refractivity contribution in [2.75, 3.05) is 0 Å². The molecule has 0 unspecified atom stereocenters. The molecule has 2 aromatic heterocycles. The Balaban J connectivity index is 1.76. The van der Waals surface area contributed by atoms with E-state index in [9.17, 15) is 0 Å². The predicted octanol–water partition coefficient (Wildman–Crippen LogP) is 3.98. The molecule has 0 aromatic carbocycles. The van der Waals surface area contributed by atoms with Gasteiger partial charge < -0.3 is 0 Å². The molecule has 2 rings (SSSR count). The number of hydrogen-bond acceptors (Lipinski definition) is 2. The van der Waals surface area contributed by atoms with Gasteiger partial charge in [0.1, 0.15) is 0 Å². The van der Waals surface area contributed by atoms with E-state index in [0.717, 1.165) is 0 Å². The van der Waals surface area contributed by atoms with Crippen LogP contribution in [-0.4, -0.2) is 0 Å². The first-order valence-electron chi connectivity index (χ1n) is 4.50. The lowest BCUT2D eigenvalue weighted by atomic mass is 10.2. The molecule has 0 N–H and O–H groups in total. The fourth-order valence-corrected chi connectivity index (χ4v) is 2.85. The summed E-state index contributed by atoms with van der Waals surface area (Å²) in [6.45, 7) is 0. The number of hydrogen-bond donors (Lipinski definition) is 0. The van der Waals surface area contributed by atoms with Crippen molar-refractivity contribution in [3.63, 3.8) is 0 Å². The normalized spacial score (nSPS) is 10.5. The van der Waals surface area contributed by atoms with Crippen molar-refractivity contribution in [2.24, 2.45) is 0 Å². The maximum Gasteiger partial charge on any atom is 0.00453 e. The summed E-state index contributed by atoms with van der Waals surface area (Å²) in [5.74, 6) is 0. The van der Waals surface area contributed by atoms with E-state index < -0.39 is 0 Å². The molecule has 0 fully saturated rings. The molecule has 0 bridgehead atoms. The van der Waals surface area contributed by atoms with E-state index in [1.807, 2.05) is 22.7 Å². The highest BCUT2D eigenvalue weighted by Crippen LogP contribution is 2.15. The Morgan fingerprint density at radius 2 is 1.38 bits per heavy atom. The molecule has 0 aliphatic carbocycles. The van der Waals surface area contributed by atoms with E-state index in [1.165, 1.54) is 29.0 Å². The van der Waals surface area contributed by atoms with E-state index >= 15 is 0 Å². The van der Waals surface area contributed by atoms with Gasteiger partial charge in [0, 0.05) is 9.75 Å². The predicted molar refractivity (Wildman–Crippen MR) is 60.7 cm³/mol. The zero-order valence-electron chi connectivity index (χ0n) is 7.40. The average molecular weight is 208 g/mol. The first-order valence-corrected chi connectivity index (χ1v) is 6.26. The molecular formula is C11H12S2. The van der Waals surface area contributed by atoms with Crippen LogP contribution < -0.4 is 0 Å². The second-order valence-corrected chi connectivity index (χ2v) is 5.08. The van der Waals surface area contributed by atoms with Crippen LogP contribution in [0.1, 0.15) is 16.2 Å². The van der Waals surface area contributed by atoms with Gasteiger partial charge in [0.05, 0.1) is 0 Å². The van der Waals surface area contributed by atoms with Crippen molar-refractivity contribution in [3.8, 4) is 0 Å². The van der Waals surface area contributed by atoms with Gasteiger partial charge in [-0.05, 0) is 42.2 Å². The highest BCUT2D eigenvalue weighted by molar-refractivity contribution is 7.10. The van der Waals surface area contributed by atoms with Crippen molar-refractivity contribution in [1.29, 1.82) is 0 Å². The molecule has 2 heterocycles. The number of rotatable bonds is 4. The van der Waals surface area contributed by atoms with Gasteiger partial charge in [-0.3, -0.25) is 0 Å². The second kappa shape index (κ2) is 4.58. The van der Waals surface area contributed by atoms with Gasteiger partial charge in [-0.15, -0.1) is 22.7 Å².